The van der Waals surface area contributed by atoms with E-state index in [1.54, 1.807) is 6.07 Å². The lowest BCUT2D eigenvalue weighted by Gasteiger charge is -2.30. The van der Waals surface area contributed by atoms with E-state index in [2.05, 4.69) is 5.32 Å². The van der Waals surface area contributed by atoms with Crippen LogP contribution in [0.2, 0.25) is 0 Å². The lowest BCUT2D eigenvalue weighted by molar-refractivity contribution is -0.140. The molecule has 1 atom stereocenters. The molecular weight excluding hydrogens is 437 g/mol. The molecule has 2 aromatic carbocycles. The molecule has 0 aliphatic carbocycles. The zero-order valence-corrected chi connectivity index (χ0v) is 18.6. The number of carbonyl (C=O) groups is 3. The molecule has 1 N–H and O–H groups in total. The van der Waals surface area contributed by atoms with Crippen LogP contribution in [0.4, 0.5) is 4.39 Å². The maximum Gasteiger partial charge on any atom is 0.269 e. The van der Waals surface area contributed by atoms with Crippen molar-refractivity contribution in [1.29, 1.82) is 0 Å². The van der Waals surface area contributed by atoms with Gasteiger partial charge in [-0.15, -0.1) is 0 Å². The molecule has 1 aliphatic heterocycles. The van der Waals surface area contributed by atoms with Gasteiger partial charge in [-0.1, -0.05) is 31.2 Å². The van der Waals surface area contributed by atoms with Gasteiger partial charge in [0.2, 0.25) is 11.8 Å². The number of benzene rings is 2. The first-order valence-corrected chi connectivity index (χ1v) is 11.6. The van der Waals surface area contributed by atoms with E-state index < -0.39 is 46.1 Å². The molecule has 0 bridgehead atoms. The lowest BCUT2D eigenvalue weighted by Crippen LogP contribution is -2.51. The quantitative estimate of drug-likeness (QED) is 0.647. The number of sulfonamides is 1. The van der Waals surface area contributed by atoms with Crippen molar-refractivity contribution in [2.45, 2.75) is 37.8 Å². The fourth-order valence-corrected chi connectivity index (χ4v) is 4.88. The maximum absolute atomic E-state index is 13.3. The summed E-state index contributed by atoms with van der Waals surface area (Å²) >= 11 is 0. The van der Waals surface area contributed by atoms with Crippen LogP contribution in [0.25, 0.3) is 0 Å². The van der Waals surface area contributed by atoms with Crippen molar-refractivity contribution in [3.8, 4) is 0 Å². The standard InChI is InChI=1S/C22H24FN3O5S/c1-3-12-24-21(28)15(2)25(13-16-8-10-17(23)11-9-16)20(27)14-26-22(29)18-6-4-5-7-19(18)32(26,30)31/h4-11,15H,3,12-14H2,1-2H3,(H,24,28). The van der Waals surface area contributed by atoms with Gasteiger partial charge in [-0.2, -0.15) is 0 Å². The Kier molecular flexibility index (Phi) is 6.93. The van der Waals surface area contributed by atoms with Crippen molar-refractivity contribution < 1.29 is 27.2 Å². The van der Waals surface area contributed by atoms with E-state index >= 15 is 0 Å². The number of hydrogen-bond donors (Lipinski definition) is 1. The summed E-state index contributed by atoms with van der Waals surface area (Å²) in [5.74, 6) is -2.38. The van der Waals surface area contributed by atoms with Crippen LogP contribution in [0.5, 0.6) is 0 Å². The van der Waals surface area contributed by atoms with Crippen molar-refractivity contribution in [3.05, 3.63) is 65.5 Å². The Morgan fingerprint density at radius 3 is 2.41 bits per heavy atom. The summed E-state index contributed by atoms with van der Waals surface area (Å²) in [5, 5.41) is 2.70. The summed E-state index contributed by atoms with van der Waals surface area (Å²) < 4.78 is 39.4. The highest BCUT2D eigenvalue weighted by molar-refractivity contribution is 7.90. The average Bonchev–Trinajstić information content (AvgIpc) is 2.97. The largest absolute Gasteiger partial charge is 0.354 e. The Balaban J connectivity index is 1.87. The zero-order valence-electron chi connectivity index (χ0n) is 17.7. The molecule has 10 heteroatoms. The van der Waals surface area contributed by atoms with E-state index in [-0.39, 0.29) is 17.0 Å². The molecule has 0 radical (unpaired) electrons. The second-order valence-electron chi connectivity index (χ2n) is 7.43. The van der Waals surface area contributed by atoms with Gasteiger partial charge in [-0.05, 0) is 43.2 Å². The zero-order chi connectivity index (χ0) is 23.5. The van der Waals surface area contributed by atoms with Crippen molar-refractivity contribution in [2.75, 3.05) is 13.1 Å². The van der Waals surface area contributed by atoms with Crippen LogP contribution < -0.4 is 5.32 Å². The minimum atomic E-state index is -4.18. The van der Waals surface area contributed by atoms with Crippen LogP contribution in [0.1, 0.15) is 36.2 Å². The number of fused-ring (bicyclic) bond motifs is 1. The first kappa shape index (κ1) is 23.4. The highest BCUT2D eigenvalue weighted by atomic mass is 32.2. The highest BCUT2D eigenvalue weighted by Gasteiger charge is 2.43. The van der Waals surface area contributed by atoms with Gasteiger partial charge in [-0.25, -0.2) is 17.1 Å². The summed E-state index contributed by atoms with van der Waals surface area (Å²) in [7, 11) is -4.18. The number of rotatable bonds is 8. The molecule has 32 heavy (non-hydrogen) atoms. The van der Waals surface area contributed by atoms with E-state index in [0.29, 0.717) is 22.8 Å². The molecule has 0 spiro atoms. The van der Waals surface area contributed by atoms with Gasteiger partial charge in [0.1, 0.15) is 23.3 Å². The van der Waals surface area contributed by atoms with Crippen molar-refractivity contribution in [1.82, 2.24) is 14.5 Å². The summed E-state index contributed by atoms with van der Waals surface area (Å²) in [6, 6.07) is 10.2. The molecular formula is C22H24FN3O5S. The number of amides is 3. The van der Waals surface area contributed by atoms with Gasteiger partial charge in [0.15, 0.2) is 0 Å². The second-order valence-corrected chi connectivity index (χ2v) is 9.26. The number of halogens is 1. The molecule has 8 nitrogen and oxygen atoms in total. The minimum Gasteiger partial charge on any atom is -0.354 e. The SMILES string of the molecule is CCCNC(=O)C(C)N(Cc1ccc(F)cc1)C(=O)CN1C(=O)c2ccccc2S1(=O)=O. The fourth-order valence-electron chi connectivity index (χ4n) is 3.37. The predicted octanol–water partition coefficient (Wildman–Crippen LogP) is 1.91. The van der Waals surface area contributed by atoms with Crippen LogP contribution in [0, 0.1) is 5.82 Å². The van der Waals surface area contributed by atoms with Crippen LogP contribution >= 0.6 is 0 Å². The molecule has 0 saturated heterocycles. The monoisotopic (exact) mass is 461 g/mol. The van der Waals surface area contributed by atoms with Crippen LogP contribution in [0.15, 0.2) is 53.4 Å². The van der Waals surface area contributed by atoms with E-state index in [1.807, 2.05) is 6.92 Å². The Bertz CT molecular complexity index is 1130. The lowest BCUT2D eigenvalue weighted by atomic mass is 10.1. The van der Waals surface area contributed by atoms with Gasteiger partial charge in [0, 0.05) is 13.1 Å². The number of nitrogens with one attached hydrogen (secondary N) is 1. The number of nitrogens with zero attached hydrogens (tertiary/aromatic N) is 2. The third-order valence-corrected chi connectivity index (χ3v) is 6.96. The minimum absolute atomic E-state index is 0.000813. The molecule has 3 amide bonds. The van der Waals surface area contributed by atoms with Crippen molar-refractivity contribution in [2.24, 2.45) is 0 Å². The molecule has 1 heterocycles. The highest BCUT2D eigenvalue weighted by Crippen LogP contribution is 2.30. The van der Waals surface area contributed by atoms with Crippen LogP contribution in [-0.4, -0.2) is 54.5 Å². The van der Waals surface area contributed by atoms with E-state index in [0.717, 1.165) is 0 Å². The summed E-state index contributed by atoms with van der Waals surface area (Å²) in [4.78, 5) is 39.4. The normalized spacial score (nSPS) is 15.2. The second kappa shape index (κ2) is 9.47. The fraction of sp³-hybridized carbons (Fsp3) is 0.318. The third-order valence-electron chi connectivity index (χ3n) is 5.17. The smallest absolute Gasteiger partial charge is 0.269 e. The van der Waals surface area contributed by atoms with Gasteiger partial charge in [0.05, 0.1) is 5.56 Å². The molecule has 0 fully saturated rings. The Hall–Kier alpha value is -3.27. The first-order valence-electron chi connectivity index (χ1n) is 10.1. The van der Waals surface area contributed by atoms with Crippen molar-refractivity contribution in [3.63, 3.8) is 0 Å². The van der Waals surface area contributed by atoms with Crippen molar-refractivity contribution >= 4 is 27.7 Å². The third kappa shape index (κ3) is 4.64. The maximum atomic E-state index is 13.3. The van der Waals surface area contributed by atoms with Gasteiger partial charge in [-0.3, -0.25) is 14.4 Å². The van der Waals surface area contributed by atoms with E-state index in [4.69, 9.17) is 0 Å². The number of carbonyl (C=O) groups excluding carboxylic acids is 3. The molecule has 2 aromatic rings. The Morgan fingerprint density at radius 2 is 1.78 bits per heavy atom. The molecule has 0 saturated carbocycles. The molecule has 1 aliphatic rings. The van der Waals surface area contributed by atoms with E-state index in [9.17, 15) is 27.2 Å². The summed E-state index contributed by atoms with van der Waals surface area (Å²) in [6.07, 6.45) is 0.698. The first-order chi connectivity index (χ1) is 15.2. The molecule has 3 rings (SSSR count). The Morgan fingerprint density at radius 1 is 1.12 bits per heavy atom. The van der Waals surface area contributed by atoms with Crippen LogP contribution in [-0.2, 0) is 26.2 Å². The topological polar surface area (TPSA) is 104 Å². The van der Waals surface area contributed by atoms with E-state index in [1.165, 1.54) is 54.3 Å². The van der Waals surface area contributed by atoms with Gasteiger partial charge >= 0.3 is 0 Å². The number of hydrogen-bond acceptors (Lipinski definition) is 5. The molecule has 1 unspecified atom stereocenters. The van der Waals surface area contributed by atoms with Gasteiger partial charge in [0.25, 0.3) is 15.9 Å². The van der Waals surface area contributed by atoms with Crippen LogP contribution in [0.3, 0.4) is 0 Å². The summed E-state index contributed by atoms with van der Waals surface area (Å²) in [6.45, 7) is 3.00. The molecule has 0 aromatic heterocycles. The molecule has 170 valence electrons. The van der Waals surface area contributed by atoms with Gasteiger partial charge < -0.3 is 10.2 Å². The average molecular weight is 462 g/mol. The summed E-state index contributed by atoms with van der Waals surface area (Å²) in [5.41, 5.74) is 0.549. The Labute approximate surface area is 186 Å². The predicted molar refractivity (Wildman–Crippen MR) is 114 cm³/mol.